The first kappa shape index (κ1) is 16.1. The molecule has 2 aliphatic heterocycles. The first-order chi connectivity index (χ1) is 12.0. The Morgan fingerprint density at radius 1 is 1.08 bits per heavy atom. The van der Waals surface area contributed by atoms with Crippen LogP contribution in [0.1, 0.15) is 24.0 Å². The van der Waals surface area contributed by atoms with Crippen molar-refractivity contribution in [3.05, 3.63) is 76.6 Å². The highest BCUT2D eigenvalue weighted by molar-refractivity contribution is 6.30. The number of halogens is 2. The highest BCUT2D eigenvalue weighted by Crippen LogP contribution is 2.34. The van der Waals surface area contributed by atoms with Crippen LogP contribution < -0.4 is 10.7 Å². The molecule has 3 atom stereocenters. The van der Waals surface area contributed by atoms with E-state index in [0.717, 1.165) is 16.8 Å². The SMILES string of the molecule is CC1NN2C(=O)C=C(c3ccc(Cl)cc3)NC2C1c1ccc(F)cc1. The molecule has 4 rings (SSSR count). The summed E-state index contributed by atoms with van der Waals surface area (Å²) < 4.78 is 13.3. The molecule has 1 fully saturated rings. The van der Waals surface area contributed by atoms with Gasteiger partial charge >= 0.3 is 0 Å². The van der Waals surface area contributed by atoms with E-state index < -0.39 is 0 Å². The molecule has 0 spiro atoms. The fourth-order valence-electron chi connectivity index (χ4n) is 3.52. The fraction of sp³-hybridized carbons (Fsp3) is 0.211. The quantitative estimate of drug-likeness (QED) is 0.867. The first-order valence-corrected chi connectivity index (χ1v) is 8.50. The number of rotatable bonds is 2. The molecule has 25 heavy (non-hydrogen) atoms. The van der Waals surface area contributed by atoms with Gasteiger partial charge in [-0.2, -0.15) is 0 Å². The van der Waals surface area contributed by atoms with E-state index >= 15 is 0 Å². The van der Waals surface area contributed by atoms with Crippen molar-refractivity contribution >= 4 is 23.2 Å². The van der Waals surface area contributed by atoms with E-state index in [0.29, 0.717) is 5.02 Å². The molecule has 2 aliphatic rings. The highest BCUT2D eigenvalue weighted by Gasteiger charge is 2.44. The van der Waals surface area contributed by atoms with Crippen LogP contribution in [0.25, 0.3) is 5.70 Å². The van der Waals surface area contributed by atoms with Crippen LogP contribution in [0.5, 0.6) is 0 Å². The molecule has 2 heterocycles. The summed E-state index contributed by atoms with van der Waals surface area (Å²) in [6, 6.07) is 13.8. The lowest BCUT2D eigenvalue weighted by atomic mass is 9.90. The van der Waals surface area contributed by atoms with E-state index in [4.69, 9.17) is 11.6 Å². The van der Waals surface area contributed by atoms with E-state index in [1.54, 1.807) is 35.4 Å². The van der Waals surface area contributed by atoms with Crippen LogP contribution in [0.15, 0.2) is 54.6 Å². The lowest BCUT2D eigenvalue weighted by Gasteiger charge is -2.33. The Kier molecular flexibility index (Phi) is 3.98. The molecule has 128 valence electrons. The molecular weight excluding hydrogens is 341 g/mol. The molecule has 2 aromatic carbocycles. The Balaban J connectivity index is 1.68. The summed E-state index contributed by atoms with van der Waals surface area (Å²) >= 11 is 5.95. The lowest BCUT2D eigenvalue weighted by molar-refractivity contribution is -0.130. The molecule has 0 bridgehead atoms. The van der Waals surface area contributed by atoms with Crippen molar-refractivity contribution in [2.75, 3.05) is 0 Å². The minimum Gasteiger partial charge on any atom is -0.363 e. The fourth-order valence-corrected chi connectivity index (χ4v) is 3.64. The van der Waals surface area contributed by atoms with Crippen molar-refractivity contribution in [1.82, 2.24) is 15.8 Å². The van der Waals surface area contributed by atoms with Crippen LogP contribution >= 0.6 is 11.6 Å². The van der Waals surface area contributed by atoms with Crippen LogP contribution in [0.4, 0.5) is 4.39 Å². The summed E-state index contributed by atoms with van der Waals surface area (Å²) in [5.41, 5.74) is 5.84. The molecule has 3 unspecified atom stereocenters. The second kappa shape index (κ2) is 6.17. The minimum absolute atomic E-state index is 0.000509. The number of hydrazine groups is 1. The van der Waals surface area contributed by atoms with Crippen molar-refractivity contribution in [3.8, 4) is 0 Å². The normalized spacial score (nSPS) is 25.4. The average molecular weight is 358 g/mol. The van der Waals surface area contributed by atoms with Crippen LogP contribution in [0.3, 0.4) is 0 Å². The number of nitrogens with zero attached hydrogens (tertiary/aromatic N) is 1. The Morgan fingerprint density at radius 2 is 1.76 bits per heavy atom. The van der Waals surface area contributed by atoms with Crippen LogP contribution in [0, 0.1) is 5.82 Å². The molecule has 0 radical (unpaired) electrons. The topological polar surface area (TPSA) is 44.4 Å². The molecule has 1 amide bonds. The number of hydrogen-bond acceptors (Lipinski definition) is 3. The maximum absolute atomic E-state index is 13.3. The lowest BCUT2D eigenvalue weighted by Crippen LogP contribution is -2.52. The predicted octanol–water partition coefficient (Wildman–Crippen LogP) is 3.27. The van der Waals surface area contributed by atoms with Gasteiger partial charge in [-0.1, -0.05) is 35.9 Å². The molecule has 4 nitrogen and oxygen atoms in total. The molecule has 0 aliphatic carbocycles. The van der Waals surface area contributed by atoms with E-state index in [2.05, 4.69) is 10.7 Å². The van der Waals surface area contributed by atoms with Gasteiger partial charge in [0, 0.05) is 28.8 Å². The smallest absolute Gasteiger partial charge is 0.264 e. The van der Waals surface area contributed by atoms with Gasteiger partial charge in [-0.05, 0) is 42.3 Å². The number of fused-ring (bicyclic) bond motifs is 1. The summed E-state index contributed by atoms with van der Waals surface area (Å²) in [5.74, 6) is -0.376. The van der Waals surface area contributed by atoms with Crippen molar-refractivity contribution in [1.29, 1.82) is 0 Å². The predicted molar refractivity (Wildman–Crippen MR) is 94.9 cm³/mol. The zero-order valence-electron chi connectivity index (χ0n) is 13.5. The average Bonchev–Trinajstić information content (AvgIpc) is 2.93. The summed E-state index contributed by atoms with van der Waals surface area (Å²) in [7, 11) is 0. The summed E-state index contributed by atoms with van der Waals surface area (Å²) in [4.78, 5) is 12.6. The molecule has 1 saturated heterocycles. The second-order valence-corrected chi connectivity index (χ2v) is 6.79. The van der Waals surface area contributed by atoms with E-state index in [1.807, 2.05) is 19.1 Å². The largest absolute Gasteiger partial charge is 0.363 e. The molecule has 0 saturated carbocycles. The van der Waals surface area contributed by atoms with Gasteiger partial charge in [0.2, 0.25) is 0 Å². The number of nitrogens with one attached hydrogen (secondary N) is 2. The number of amides is 1. The highest BCUT2D eigenvalue weighted by atomic mass is 35.5. The number of carbonyl (C=O) groups excluding carboxylic acids is 1. The molecular formula is C19H17ClFN3O. The zero-order valence-corrected chi connectivity index (χ0v) is 14.3. The van der Waals surface area contributed by atoms with E-state index in [-0.39, 0.29) is 29.8 Å². The summed E-state index contributed by atoms with van der Waals surface area (Å²) in [6.07, 6.45) is 1.33. The van der Waals surface area contributed by atoms with Gasteiger partial charge in [-0.25, -0.2) is 9.82 Å². The van der Waals surface area contributed by atoms with Gasteiger partial charge in [-0.15, -0.1) is 0 Å². The Hall–Kier alpha value is -2.37. The summed E-state index contributed by atoms with van der Waals surface area (Å²) in [6.45, 7) is 2.02. The molecule has 0 aromatic heterocycles. The molecule has 2 aromatic rings. The van der Waals surface area contributed by atoms with Crippen LogP contribution in [0.2, 0.25) is 5.02 Å². The number of hydrogen-bond donors (Lipinski definition) is 2. The van der Waals surface area contributed by atoms with E-state index in [9.17, 15) is 9.18 Å². The third kappa shape index (κ3) is 2.90. The van der Waals surface area contributed by atoms with Gasteiger partial charge < -0.3 is 5.32 Å². The van der Waals surface area contributed by atoms with Gasteiger partial charge in [0.25, 0.3) is 5.91 Å². The Morgan fingerprint density at radius 3 is 2.44 bits per heavy atom. The van der Waals surface area contributed by atoms with Gasteiger partial charge in [-0.3, -0.25) is 9.80 Å². The number of carbonyl (C=O) groups is 1. The first-order valence-electron chi connectivity index (χ1n) is 8.12. The van der Waals surface area contributed by atoms with Crippen molar-refractivity contribution in [2.24, 2.45) is 0 Å². The second-order valence-electron chi connectivity index (χ2n) is 6.36. The van der Waals surface area contributed by atoms with Gasteiger partial charge in [0.15, 0.2) is 0 Å². The van der Waals surface area contributed by atoms with E-state index in [1.165, 1.54) is 12.1 Å². The third-order valence-corrected chi connectivity index (χ3v) is 4.97. The molecule has 6 heteroatoms. The maximum Gasteiger partial charge on any atom is 0.264 e. The minimum atomic E-state index is -0.270. The maximum atomic E-state index is 13.3. The standard InChI is InChI=1S/C19H17ClFN3O/c1-11-18(13-4-8-15(21)9-5-13)19-22-16(10-17(25)24(19)23-11)12-2-6-14(20)7-3-12/h2-11,18-19,22-23H,1H3. The Labute approximate surface area is 150 Å². The van der Waals surface area contributed by atoms with Crippen LogP contribution in [-0.2, 0) is 4.79 Å². The van der Waals surface area contributed by atoms with Gasteiger partial charge in [0.1, 0.15) is 12.0 Å². The molecule has 2 N–H and O–H groups in total. The van der Waals surface area contributed by atoms with Crippen LogP contribution in [-0.4, -0.2) is 23.1 Å². The zero-order chi connectivity index (χ0) is 17.6. The monoisotopic (exact) mass is 357 g/mol. The van der Waals surface area contributed by atoms with Gasteiger partial charge in [0.05, 0.1) is 0 Å². The van der Waals surface area contributed by atoms with Crippen molar-refractivity contribution < 1.29 is 9.18 Å². The summed E-state index contributed by atoms with van der Waals surface area (Å²) in [5, 5.41) is 5.70. The number of benzene rings is 2. The third-order valence-electron chi connectivity index (χ3n) is 4.72. The van der Waals surface area contributed by atoms with Crippen molar-refractivity contribution in [2.45, 2.75) is 25.0 Å². The van der Waals surface area contributed by atoms with Crippen molar-refractivity contribution in [3.63, 3.8) is 0 Å². The Bertz CT molecular complexity index is 835.